The van der Waals surface area contributed by atoms with Crippen LogP contribution in [0.2, 0.25) is 0 Å². The van der Waals surface area contributed by atoms with Gasteiger partial charge in [0.15, 0.2) is 0 Å². The van der Waals surface area contributed by atoms with Crippen LogP contribution in [0.5, 0.6) is 0 Å². The van der Waals surface area contributed by atoms with Crippen LogP contribution >= 0.6 is 15.9 Å². The molecule has 3 heteroatoms. The zero-order valence-electron chi connectivity index (χ0n) is 10.2. The molecule has 1 aliphatic heterocycles. The molecule has 1 amide bonds. The van der Waals surface area contributed by atoms with Crippen LogP contribution in [0.1, 0.15) is 11.6 Å². The number of nitrogens with zero attached hydrogens (tertiary/aromatic N) is 1. The van der Waals surface area contributed by atoms with Crippen LogP contribution in [0.4, 0.5) is 5.69 Å². The Morgan fingerprint density at radius 3 is 2.32 bits per heavy atom. The standard InChI is InChI=1S/C16H12BrNO/c1-11-15(12-7-3-2-4-8-12)18(16(11)19)14-10-6-5-9-13(14)17/h2-10,15H,1H2/t15-/m1/s1. The summed E-state index contributed by atoms with van der Waals surface area (Å²) in [7, 11) is 0. The predicted molar refractivity (Wildman–Crippen MR) is 80.0 cm³/mol. The molecule has 0 unspecified atom stereocenters. The number of carbonyl (C=O) groups is 1. The number of amides is 1. The Morgan fingerprint density at radius 2 is 1.63 bits per heavy atom. The maximum atomic E-state index is 12.1. The van der Waals surface area contributed by atoms with Gasteiger partial charge in [0.2, 0.25) is 0 Å². The molecule has 1 heterocycles. The number of benzene rings is 2. The number of anilines is 1. The molecule has 1 aliphatic rings. The number of halogens is 1. The molecule has 0 radical (unpaired) electrons. The summed E-state index contributed by atoms with van der Waals surface area (Å²) in [5, 5.41) is 0. The first-order valence-corrected chi connectivity index (χ1v) is 6.81. The minimum Gasteiger partial charge on any atom is -0.296 e. The van der Waals surface area contributed by atoms with Gasteiger partial charge in [-0.2, -0.15) is 0 Å². The van der Waals surface area contributed by atoms with Crippen LogP contribution in [-0.2, 0) is 4.79 Å². The van der Waals surface area contributed by atoms with E-state index in [9.17, 15) is 4.79 Å². The molecule has 1 atom stereocenters. The first kappa shape index (κ1) is 12.2. The van der Waals surface area contributed by atoms with Gasteiger partial charge in [-0.15, -0.1) is 0 Å². The fourth-order valence-corrected chi connectivity index (χ4v) is 2.84. The predicted octanol–water partition coefficient (Wildman–Crippen LogP) is 4.09. The van der Waals surface area contributed by atoms with E-state index >= 15 is 0 Å². The molecule has 0 aromatic heterocycles. The van der Waals surface area contributed by atoms with Crippen LogP contribution in [0.3, 0.4) is 0 Å². The maximum Gasteiger partial charge on any atom is 0.256 e. The average molecular weight is 314 g/mol. The van der Waals surface area contributed by atoms with Crippen molar-refractivity contribution in [2.75, 3.05) is 4.90 Å². The molecule has 1 saturated heterocycles. The van der Waals surface area contributed by atoms with Crippen LogP contribution in [-0.4, -0.2) is 5.91 Å². The summed E-state index contributed by atoms with van der Waals surface area (Å²) in [6.45, 7) is 3.90. The highest BCUT2D eigenvalue weighted by Gasteiger charge is 2.42. The summed E-state index contributed by atoms with van der Waals surface area (Å²) in [4.78, 5) is 13.9. The highest BCUT2D eigenvalue weighted by atomic mass is 79.9. The largest absolute Gasteiger partial charge is 0.296 e. The van der Waals surface area contributed by atoms with E-state index in [0.29, 0.717) is 5.57 Å². The smallest absolute Gasteiger partial charge is 0.256 e. The van der Waals surface area contributed by atoms with Gasteiger partial charge in [0.25, 0.3) is 5.91 Å². The van der Waals surface area contributed by atoms with E-state index < -0.39 is 0 Å². The van der Waals surface area contributed by atoms with E-state index in [1.165, 1.54) is 0 Å². The summed E-state index contributed by atoms with van der Waals surface area (Å²) < 4.78 is 0.914. The van der Waals surface area contributed by atoms with E-state index in [2.05, 4.69) is 22.5 Å². The van der Waals surface area contributed by atoms with Gasteiger partial charge < -0.3 is 0 Å². The van der Waals surface area contributed by atoms with Crippen molar-refractivity contribution in [1.82, 2.24) is 0 Å². The Balaban J connectivity index is 2.04. The Morgan fingerprint density at radius 1 is 1.00 bits per heavy atom. The lowest BCUT2D eigenvalue weighted by atomic mass is 9.88. The zero-order valence-corrected chi connectivity index (χ0v) is 11.8. The van der Waals surface area contributed by atoms with Crippen molar-refractivity contribution in [3.8, 4) is 0 Å². The molecule has 0 aliphatic carbocycles. The number of hydrogen-bond donors (Lipinski definition) is 0. The Bertz CT molecular complexity index is 651. The summed E-state index contributed by atoms with van der Waals surface area (Å²) in [5.74, 6) is -0.0132. The van der Waals surface area contributed by atoms with Gasteiger partial charge in [0, 0.05) is 10.0 Å². The molecule has 3 rings (SSSR count). The molecule has 0 saturated carbocycles. The molecule has 2 aromatic rings. The van der Waals surface area contributed by atoms with Crippen molar-refractivity contribution in [2.24, 2.45) is 0 Å². The molecule has 2 nitrogen and oxygen atoms in total. The number of β-lactam (4-membered cyclic amide) rings is 1. The minimum absolute atomic E-state index is 0.0132. The Kier molecular flexibility index (Phi) is 2.99. The zero-order chi connectivity index (χ0) is 13.4. The highest BCUT2D eigenvalue weighted by molar-refractivity contribution is 9.10. The molecule has 0 spiro atoms. The van der Waals surface area contributed by atoms with Crippen LogP contribution in [0, 0.1) is 0 Å². The molecule has 1 fully saturated rings. The third-order valence-corrected chi connectivity index (χ3v) is 3.98. The van der Waals surface area contributed by atoms with Gasteiger partial charge in [0.1, 0.15) is 0 Å². The van der Waals surface area contributed by atoms with Gasteiger partial charge in [-0.05, 0) is 33.6 Å². The van der Waals surface area contributed by atoms with Crippen LogP contribution in [0.15, 0.2) is 71.2 Å². The van der Waals surface area contributed by atoms with E-state index in [0.717, 1.165) is 15.7 Å². The monoisotopic (exact) mass is 313 g/mol. The number of carbonyl (C=O) groups excluding carboxylic acids is 1. The van der Waals surface area contributed by atoms with Crippen molar-refractivity contribution in [3.05, 3.63) is 76.8 Å². The first-order valence-electron chi connectivity index (χ1n) is 6.02. The first-order chi connectivity index (χ1) is 9.20. The van der Waals surface area contributed by atoms with Gasteiger partial charge in [-0.25, -0.2) is 0 Å². The lowest BCUT2D eigenvalue weighted by molar-refractivity contribution is -0.119. The lowest BCUT2D eigenvalue weighted by Crippen LogP contribution is -2.49. The van der Waals surface area contributed by atoms with Crippen molar-refractivity contribution in [2.45, 2.75) is 6.04 Å². The average Bonchev–Trinajstić information content (AvgIpc) is 2.46. The summed E-state index contributed by atoms with van der Waals surface area (Å²) in [6, 6.07) is 17.6. The molecule has 0 bridgehead atoms. The number of hydrogen-bond acceptors (Lipinski definition) is 1. The summed E-state index contributed by atoms with van der Waals surface area (Å²) >= 11 is 3.50. The molecule has 94 valence electrons. The Hall–Kier alpha value is -1.87. The van der Waals surface area contributed by atoms with Crippen molar-refractivity contribution in [1.29, 1.82) is 0 Å². The molecule has 2 aromatic carbocycles. The second-order valence-corrected chi connectivity index (χ2v) is 5.32. The highest BCUT2D eigenvalue weighted by Crippen LogP contribution is 2.44. The quantitative estimate of drug-likeness (QED) is 0.604. The Labute approximate surface area is 120 Å². The summed E-state index contributed by atoms with van der Waals surface area (Å²) in [5.41, 5.74) is 2.61. The summed E-state index contributed by atoms with van der Waals surface area (Å²) in [6.07, 6.45) is 0. The van der Waals surface area contributed by atoms with E-state index in [1.54, 1.807) is 4.90 Å². The fourth-order valence-electron chi connectivity index (χ4n) is 2.36. The van der Waals surface area contributed by atoms with Crippen molar-refractivity contribution >= 4 is 27.5 Å². The number of para-hydroxylation sites is 1. The molecular weight excluding hydrogens is 302 g/mol. The van der Waals surface area contributed by atoms with E-state index in [1.807, 2.05) is 54.6 Å². The molecular formula is C16H12BrNO. The molecule has 19 heavy (non-hydrogen) atoms. The van der Waals surface area contributed by atoms with E-state index in [-0.39, 0.29) is 11.9 Å². The van der Waals surface area contributed by atoms with Crippen LogP contribution in [0.25, 0.3) is 0 Å². The van der Waals surface area contributed by atoms with Gasteiger partial charge in [-0.1, -0.05) is 49.0 Å². The second kappa shape index (κ2) is 4.67. The lowest BCUT2D eigenvalue weighted by Gasteiger charge is -2.43. The third kappa shape index (κ3) is 1.90. The van der Waals surface area contributed by atoms with Crippen molar-refractivity contribution < 1.29 is 4.79 Å². The molecule has 0 N–H and O–H groups in total. The van der Waals surface area contributed by atoms with Crippen molar-refractivity contribution in [3.63, 3.8) is 0 Å². The number of rotatable bonds is 2. The topological polar surface area (TPSA) is 20.3 Å². The van der Waals surface area contributed by atoms with Gasteiger partial charge in [0.05, 0.1) is 11.7 Å². The third-order valence-electron chi connectivity index (χ3n) is 3.31. The maximum absolute atomic E-state index is 12.1. The normalized spacial score (nSPS) is 18.4. The van der Waals surface area contributed by atoms with E-state index in [4.69, 9.17) is 0 Å². The van der Waals surface area contributed by atoms with Gasteiger partial charge in [-0.3, -0.25) is 9.69 Å². The second-order valence-electron chi connectivity index (χ2n) is 4.47. The minimum atomic E-state index is -0.0626. The SMILES string of the molecule is C=C1C(=O)N(c2ccccc2Br)[C@H]1c1ccccc1. The fraction of sp³-hybridized carbons (Fsp3) is 0.0625. The van der Waals surface area contributed by atoms with Crippen LogP contribution < -0.4 is 4.90 Å². The van der Waals surface area contributed by atoms with Gasteiger partial charge >= 0.3 is 0 Å².